The van der Waals surface area contributed by atoms with Crippen molar-refractivity contribution in [1.82, 2.24) is 14.9 Å². The summed E-state index contributed by atoms with van der Waals surface area (Å²) in [4.78, 5) is 0. The molecule has 2 aromatic heterocycles. The second-order valence-corrected chi connectivity index (χ2v) is 6.62. The maximum Gasteiger partial charge on any atom is 0.147 e. The SMILES string of the molecule is CS(=O)(=O)CCCNCc1cnn2ccccc12. The Labute approximate surface area is 107 Å². The fourth-order valence-electron chi connectivity index (χ4n) is 1.81. The van der Waals surface area contributed by atoms with E-state index in [0.717, 1.165) is 11.1 Å². The van der Waals surface area contributed by atoms with Gasteiger partial charge in [0.15, 0.2) is 0 Å². The highest BCUT2D eigenvalue weighted by atomic mass is 32.2. The number of pyridine rings is 1. The Morgan fingerprint density at radius 1 is 1.39 bits per heavy atom. The molecule has 0 aliphatic rings. The fraction of sp³-hybridized carbons (Fsp3) is 0.417. The van der Waals surface area contributed by atoms with Crippen LogP contribution in [0.15, 0.2) is 30.6 Å². The number of hydrogen-bond donors (Lipinski definition) is 1. The number of fused-ring (bicyclic) bond motifs is 1. The van der Waals surface area contributed by atoms with Crippen molar-refractivity contribution in [3.8, 4) is 0 Å². The van der Waals surface area contributed by atoms with E-state index in [0.29, 0.717) is 19.5 Å². The molecule has 18 heavy (non-hydrogen) atoms. The maximum absolute atomic E-state index is 11.0. The normalized spacial score (nSPS) is 12.1. The van der Waals surface area contributed by atoms with E-state index in [1.807, 2.05) is 35.1 Å². The average molecular weight is 267 g/mol. The van der Waals surface area contributed by atoms with Gasteiger partial charge in [0.2, 0.25) is 0 Å². The lowest BCUT2D eigenvalue weighted by molar-refractivity contribution is 0.594. The first-order valence-electron chi connectivity index (χ1n) is 5.86. The first-order valence-corrected chi connectivity index (χ1v) is 7.92. The molecule has 0 aliphatic carbocycles. The summed E-state index contributed by atoms with van der Waals surface area (Å²) in [6.07, 6.45) is 5.64. The van der Waals surface area contributed by atoms with Gasteiger partial charge in [-0.3, -0.25) is 0 Å². The highest BCUT2D eigenvalue weighted by molar-refractivity contribution is 7.90. The summed E-state index contributed by atoms with van der Waals surface area (Å²) in [7, 11) is -2.85. The Hall–Kier alpha value is -1.40. The molecule has 0 aromatic carbocycles. The van der Waals surface area contributed by atoms with Gasteiger partial charge < -0.3 is 5.32 Å². The van der Waals surface area contributed by atoms with Crippen LogP contribution in [0, 0.1) is 0 Å². The molecule has 0 saturated heterocycles. The Kier molecular flexibility index (Phi) is 3.98. The third kappa shape index (κ3) is 3.54. The molecule has 0 aliphatic heterocycles. The third-order valence-corrected chi connectivity index (χ3v) is 3.72. The highest BCUT2D eigenvalue weighted by Crippen LogP contribution is 2.09. The van der Waals surface area contributed by atoms with Gasteiger partial charge in [0.25, 0.3) is 0 Å². The summed E-state index contributed by atoms with van der Waals surface area (Å²) in [6.45, 7) is 1.40. The molecule has 98 valence electrons. The molecule has 0 fully saturated rings. The molecule has 0 unspecified atom stereocenters. The summed E-state index contributed by atoms with van der Waals surface area (Å²) >= 11 is 0. The van der Waals surface area contributed by atoms with E-state index in [1.54, 1.807) is 0 Å². The topological polar surface area (TPSA) is 63.5 Å². The zero-order valence-electron chi connectivity index (χ0n) is 10.3. The van der Waals surface area contributed by atoms with Crippen molar-refractivity contribution < 1.29 is 8.42 Å². The monoisotopic (exact) mass is 267 g/mol. The molecule has 5 nitrogen and oxygen atoms in total. The van der Waals surface area contributed by atoms with E-state index in [9.17, 15) is 8.42 Å². The van der Waals surface area contributed by atoms with Gasteiger partial charge in [-0.2, -0.15) is 5.10 Å². The number of nitrogens with zero attached hydrogens (tertiary/aromatic N) is 2. The molecule has 0 amide bonds. The van der Waals surface area contributed by atoms with Crippen molar-refractivity contribution in [2.45, 2.75) is 13.0 Å². The maximum atomic E-state index is 11.0. The van der Waals surface area contributed by atoms with Crippen LogP contribution in [0.3, 0.4) is 0 Å². The number of nitrogens with one attached hydrogen (secondary N) is 1. The van der Waals surface area contributed by atoms with E-state index in [-0.39, 0.29) is 5.75 Å². The second-order valence-electron chi connectivity index (χ2n) is 4.36. The first-order chi connectivity index (χ1) is 8.56. The van der Waals surface area contributed by atoms with Gasteiger partial charge in [0.05, 0.1) is 17.5 Å². The minimum atomic E-state index is -2.85. The molecular weight excluding hydrogens is 250 g/mol. The fourth-order valence-corrected chi connectivity index (χ4v) is 2.47. The zero-order valence-corrected chi connectivity index (χ0v) is 11.2. The van der Waals surface area contributed by atoms with Gasteiger partial charge >= 0.3 is 0 Å². The Morgan fingerprint density at radius 2 is 2.22 bits per heavy atom. The summed E-state index contributed by atoms with van der Waals surface area (Å²) in [5, 5.41) is 7.47. The Bertz CT molecular complexity index is 619. The lowest BCUT2D eigenvalue weighted by Crippen LogP contribution is -2.17. The molecule has 2 heterocycles. The molecular formula is C12H17N3O2S. The highest BCUT2D eigenvalue weighted by Gasteiger charge is 2.03. The van der Waals surface area contributed by atoms with Crippen molar-refractivity contribution in [2.24, 2.45) is 0 Å². The van der Waals surface area contributed by atoms with Crippen molar-refractivity contribution in [2.75, 3.05) is 18.6 Å². The Balaban J connectivity index is 1.84. The lowest BCUT2D eigenvalue weighted by atomic mass is 10.2. The first kappa shape index (κ1) is 13.0. The van der Waals surface area contributed by atoms with Crippen LogP contribution in [0.4, 0.5) is 0 Å². The predicted octanol–water partition coefficient (Wildman–Crippen LogP) is 0.859. The van der Waals surface area contributed by atoms with Crippen molar-refractivity contribution >= 4 is 15.4 Å². The minimum absolute atomic E-state index is 0.231. The lowest BCUT2D eigenvalue weighted by Gasteiger charge is -2.03. The van der Waals surface area contributed by atoms with Crippen molar-refractivity contribution in [3.05, 3.63) is 36.2 Å². The molecule has 0 atom stereocenters. The van der Waals surface area contributed by atoms with Crippen LogP contribution in [-0.2, 0) is 16.4 Å². The summed E-state index contributed by atoms with van der Waals surface area (Å²) in [5.74, 6) is 0.231. The average Bonchev–Trinajstić information content (AvgIpc) is 2.71. The number of hydrogen-bond acceptors (Lipinski definition) is 4. The zero-order chi connectivity index (χ0) is 13.0. The van der Waals surface area contributed by atoms with Crippen LogP contribution >= 0.6 is 0 Å². The molecule has 0 saturated carbocycles. The molecule has 6 heteroatoms. The van der Waals surface area contributed by atoms with Crippen LogP contribution in [0.1, 0.15) is 12.0 Å². The third-order valence-electron chi connectivity index (χ3n) is 2.69. The molecule has 2 rings (SSSR count). The molecule has 1 N–H and O–H groups in total. The van der Waals surface area contributed by atoms with Gasteiger partial charge in [-0.25, -0.2) is 12.9 Å². The van der Waals surface area contributed by atoms with E-state index in [1.165, 1.54) is 6.26 Å². The van der Waals surface area contributed by atoms with Gasteiger partial charge in [-0.1, -0.05) is 6.07 Å². The standard InChI is InChI=1S/C12H17N3O2S/c1-18(16,17)8-4-6-13-9-11-10-14-15-7-3-2-5-12(11)15/h2-3,5,7,10,13H,4,6,8-9H2,1H3. The largest absolute Gasteiger partial charge is 0.313 e. The van der Waals surface area contributed by atoms with Crippen molar-refractivity contribution in [1.29, 1.82) is 0 Å². The number of aromatic nitrogens is 2. The van der Waals surface area contributed by atoms with Crippen LogP contribution in [0.2, 0.25) is 0 Å². The van der Waals surface area contributed by atoms with Crippen LogP contribution in [0.25, 0.3) is 5.52 Å². The van der Waals surface area contributed by atoms with E-state index >= 15 is 0 Å². The van der Waals surface area contributed by atoms with Crippen LogP contribution in [-0.4, -0.2) is 36.6 Å². The molecule has 2 aromatic rings. The predicted molar refractivity (Wildman–Crippen MR) is 71.2 cm³/mol. The van der Waals surface area contributed by atoms with Gasteiger partial charge in [0, 0.05) is 24.6 Å². The van der Waals surface area contributed by atoms with Gasteiger partial charge in [-0.15, -0.1) is 0 Å². The number of sulfone groups is 1. The van der Waals surface area contributed by atoms with E-state index in [2.05, 4.69) is 10.4 Å². The van der Waals surface area contributed by atoms with Crippen LogP contribution < -0.4 is 5.32 Å². The molecule has 0 bridgehead atoms. The molecule has 0 spiro atoms. The van der Waals surface area contributed by atoms with Crippen molar-refractivity contribution in [3.63, 3.8) is 0 Å². The second kappa shape index (κ2) is 5.49. The van der Waals surface area contributed by atoms with Gasteiger partial charge in [-0.05, 0) is 25.1 Å². The minimum Gasteiger partial charge on any atom is -0.313 e. The molecule has 0 radical (unpaired) electrons. The quantitative estimate of drug-likeness (QED) is 0.788. The summed E-state index contributed by atoms with van der Waals surface area (Å²) < 4.78 is 23.7. The van der Waals surface area contributed by atoms with E-state index < -0.39 is 9.84 Å². The van der Waals surface area contributed by atoms with E-state index in [4.69, 9.17) is 0 Å². The van der Waals surface area contributed by atoms with Crippen LogP contribution in [0.5, 0.6) is 0 Å². The van der Waals surface area contributed by atoms with Gasteiger partial charge in [0.1, 0.15) is 9.84 Å². The Morgan fingerprint density at radius 3 is 3.00 bits per heavy atom. The smallest absolute Gasteiger partial charge is 0.147 e. The number of rotatable bonds is 6. The summed E-state index contributed by atoms with van der Waals surface area (Å²) in [6, 6.07) is 5.92. The summed E-state index contributed by atoms with van der Waals surface area (Å²) in [5.41, 5.74) is 2.20.